The summed E-state index contributed by atoms with van der Waals surface area (Å²) in [6.45, 7) is 4.88. The second kappa shape index (κ2) is 11.9. The van der Waals surface area contributed by atoms with Gasteiger partial charge in [0.1, 0.15) is 0 Å². The number of hydrogen-bond acceptors (Lipinski definition) is 5. The molecule has 0 spiro atoms. The minimum Gasteiger partial charge on any atom is -0.481 e. The Labute approximate surface area is 175 Å². The van der Waals surface area contributed by atoms with Crippen LogP contribution in [0.3, 0.4) is 0 Å². The molecule has 1 aromatic rings. The van der Waals surface area contributed by atoms with Crippen LogP contribution in [0.4, 0.5) is 0 Å². The van der Waals surface area contributed by atoms with Crippen molar-refractivity contribution in [2.75, 3.05) is 6.61 Å². The molecule has 0 aliphatic rings. The van der Waals surface area contributed by atoms with Crippen molar-refractivity contribution in [3.63, 3.8) is 0 Å². The molecule has 0 bridgehead atoms. The highest BCUT2D eigenvalue weighted by Gasteiger charge is 2.50. The van der Waals surface area contributed by atoms with Gasteiger partial charge in [0.25, 0.3) is 0 Å². The van der Waals surface area contributed by atoms with Crippen molar-refractivity contribution < 1.29 is 39.2 Å². The molecule has 0 heterocycles. The van der Waals surface area contributed by atoms with E-state index in [2.05, 4.69) is 0 Å². The van der Waals surface area contributed by atoms with E-state index in [1.807, 2.05) is 6.92 Å². The Bertz CT molecular complexity index is 730. The minimum atomic E-state index is -1.80. The van der Waals surface area contributed by atoms with Crippen molar-refractivity contribution >= 4 is 23.9 Å². The molecule has 1 aromatic carbocycles. The number of carbonyl (C=O) groups is 4. The normalized spacial score (nSPS) is 16.0. The molecule has 0 amide bonds. The van der Waals surface area contributed by atoms with E-state index in [0.717, 1.165) is 13.3 Å². The van der Waals surface area contributed by atoms with E-state index >= 15 is 0 Å². The molecule has 1 rings (SSSR count). The zero-order valence-electron chi connectivity index (χ0n) is 17.5. The molecule has 166 valence electrons. The fraction of sp³-hybridized carbons (Fsp3) is 0.545. The number of carboxylic acids is 3. The van der Waals surface area contributed by atoms with Crippen molar-refractivity contribution in [3.05, 3.63) is 35.9 Å². The fourth-order valence-electron chi connectivity index (χ4n) is 3.73. The number of rotatable bonds is 13. The van der Waals surface area contributed by atoms with Crippen molar-refractivity contribution in [2.24, 2.45) is 23.7 Å². The molecule has 8 nitrogen and oxygen atoms in total. The predicted molar refractivity (Wildman–Crippen MR) is 108 cm³/mol. The zero-order chi connectivity index (χ0) is 22.8. The van der Waals surface area contributed by atoms with Gasteiger partial charge < -0.3 is 20.1 Å². The van der Waals surface area contributed by atoms with Crippen LogP contribution in [0, 0.1) is 23.7 Å². The highest BCUT2D eigenvalue weighted by molar-refractivity contribution is 5.89. The van der Waals surface area contributed by atoms with Gasteiger partial charge in [0.2, 0.25) is 0 Å². The number of ether oxygens (including phenoxy) is 1. The maximum absolute atomic E-state index is 13.0. The standard InChI is InChI=1S/C22H30O8/c1-4-6-12-30-22(29)17(15(5-2)14-10-8-7-9-11-14)18(21(27)28)16(20(25)26)13(3)19(23)24/h7-11,13,15-18H,4-6,12H2,1-3H3,(H,23,24)(H,25,26)(H,27,28). The molecular weight excluding hydrogens is 392 g/mol. The van der Waals surface area contributed by atoms with Crippen LogP contribution in [0.1, 0.15) is 51.5 Å². The van der Waals surface area contributed by atoms with E-state index in [-0.39, 0.29) is 6.61 Å². The van der Waals surface area contributed by atoms with Crippen LogP contribution in [0.25, 0.3) is 0 Å². The van der Waals surface area contributed by atoms with Gasteiger partial charge >= 0.3 is 23.9 Å². The Kier molecular flexibility index (Phi) is 10.0. The van der Waals surface area contributed by atoms with Crippen LogP contribution in [0.2, 0.25) is 0 Å². The Morgan fingerprint density at radius 3 is 1.87 bits per heavy atom. The lowest BCUT2D eigenvalue weighted by molar-refractivity contribution is -0.170. The molecule has 0 aliphatic carbocycles. The molecule has 0 fully saturated rings. The first kappa shape index (κ1) is 25.1. The molecular formula is C22H30O8. The molecule has 0 saturated heterocycles. The highest BCUT2D eigenvalue weighted by Crippen LogP contribution is 2.40. The van der Waals surface area contributed by atoms with Gasteiger partial charge in [-0.1, -0.05) is 57.5 Å². The second-order valence-corrected chi connectivity index (χ2v) is 7.33. The first-order valence-electron chi connectivity index (χ1n) is 10.1. The van der Waals surface area contributed by atoms with E-state index in [0.29, 0.717) is 18.4 Å². The summed E-state index contributed by atoms with van der Waals surface area (Å²) in [7, 11) is 0. The summed E-state index contributed by atoms with van der Waals surface area (Å²) < 4.78 is 5.31. The average molecular weight is 422 g/mol. The number of unbranched alkanes of at least 4 members (excludes halogenated alkanes) is 1. The Hall–Kier alpha value is -2.90. The van der Waals surface area contributed by atoms with Crippen LogP contribution in [0.5, 0.6) is 0 Å². The lowest BCUT2D eigenvalue weighted by atomic mass is 9.68. The van der Waals surface area contributed by atoms with Crippen LogP contribution in [-0.2, 0) is 23.9 Å². The lowest BCUT2D eigenvalue weighted by Crippen LogP contribution is -2.46. The monoisotopic (exact) mass is 422 g/mol. The maximum atomic E-state index is 13.0. The topological polar surface area (TPSA) is 138 Å². The Morgan fingerprint density at radius 2 is 1.43 bits per heavy atom. The van der Waals surface area contributed by atoms with Crippen LogP contribution in [0.15, 0.2) is 30.3 Å². The molecule has 0 saturated carbocycles. The third kappa shape index (κ3) is 6.30. The van der Waals surface area contributed by atoms with E-state index in [4.69, 9.17) is 4.74 Å². The molecule has 8 heteroatoms. The average Bonchev–Trinajstić information content (AvgIpc) is 2.70. The number of esters is 1. The van der Waals surface area contributed by atoms with E-state index in [1.165, 1.54) is 0 Å². The van der Waals surface area contributed by atoms with Gasteiger partial charge in [0, 0.05) is 0 Å². The molecule has 3 N–H and O–H groups in total. The van der Waals surface area contributed by atoms with Gasteiger partial charge in [0.05, 0.1) is 30.3 Å². The summed E-state index contributed by atoms with van der Waals surface area (Å²) in [5.41, 5.74) is 0.663. The van der Waals surface area contributed by atoms with E-state index in [9.17, 15) is 34.5 Å². The molecule has 0 aromatic heterocycles. The summed E-state index contributed by atoms with van der Waals surface area (Å²) >= 11 is 0. The van der Waals surface area contributed by atoms with E-state index in [1.54, 1.807) is 37.3 Å². The quantitative estimate of drug-likeness (QED) is 0.325. The van der Waals surface area contributed by atoms with Gasteiger partial charge in [-0.25, -0.2) is 0 Å². The predicted octanol–water partition coefficient (Wildman–Crippen LogP) is 3.26. The lowest BCUT2D eigenvalue weighted by Gasteiger charge is -2.34. The van der Waals surface area contributed by atoms with Gasteiger partial charge in [-0.3, -0.25) is 19.2 Å². The van der Waals surface area contributed by atoms with Crippen LogP contribution < -0.4 is 0 Å². The zero-order valence-corrected chi connectivity index (χ0v) is 17.5. The summed E-state index contributed by atoms with van der Waals surface area (Å²) in [5.74, 6) is -12.5. The summed E-state index contributed by atoms with van der Waals surface area (Å²) in [5, 5.41) is 29.0. The first-order valence-corrected chi connectivity index (χ1v) is 10.1. The number of carboxylic acid groups (broad SMARTS) is 3. The van der Waals surface area contributed by atoms with E-state index < -0.39 is 53.5 Å². The Morgan fingerprint density at radius 1 is 0.867 bits per heavy atom. The third-order valence-electron chi connectivity index (χ3n) is 5.39. The number of carbonyl (C=O) groups excluding carboxylic acids is 1. The second-order valence-electron chi connectivity index (χ2n) is 7.33. The molecule has 0 aliphatic heterocycles. The molecule has 5 atom stereocenters. The largest absolute Gasteiger partial charge is 0.481 e. The fourth-order valence-corrected chi connectivity index (χ4v) is 3.73. The molecule has 0 radical (unpaired) electrons. The molecule has 5 unspecified atom stereocenters. The maximum Gasteiger partial charge on any atom is 0.310 e. The van der Waals surface area contributed by atoms with Gasteiger partial charge in [-0.2, -0.15) is 0 Å². The van der Waals surface area contributed by atoms with Crippen molar-refractivity contribution in [1.29, 1.82) is 0 Å². The number of benzene rings is 1. The first-order chi connectivity index (χ1) is 14.2. The smallest absolute Gasteiger partial charge is 0.310 e. The highest BCUT2D eigenvalue weighted by atomic mass is 16.5. The number of hydrogen-bond donors (Lipinski definition) is 3. The summed E-state index contributed by atoms with van der Waals surface area (Å²) in [4.78, 5) is 48.7. The van der Waals surface area contributed by atoms with Crippen LogP contribution in [-0.4, -0.2) is 45.8 Å². The summed E-state index contributed by atoms with van der Waals surface area (Å²) in [6, 6.07) is 8.71. The minimum absolute atomic E-state index is 0.0790. The summed E-state index contributed by atoms with van der Waals surface area (Å²) in [6.07, 6.45) is 1.67. The van der Waals surface area contributed by atoms with Gasteiger partial charge in [0.15, 0.2) is 0 Å². The van der Waals surface area contributed by atoms with Gasteiger partial charge in [-0.05, 0) is 24.3 Å². The number of aliphatic carboxylic acids is 3. The molecule has 30 heavy (non-hydrogen) atoms. The van der Waals surface area contributed by atoms with Crippen LogP contribution >= 0.6 is 0 Å². The van der Waals surface area contributed by atoms with Crippen molar-refractivity contribution in [3.8, 4) is 0 Å². The third-order valence-corrected chi connectivity index (χ3v) is 5.39. The van der Waals surface area contributed by atoms with Crippen molar-refractivity contribution in [2.45, 2.75) is 46.0 Å². The Balaban J connectivity index is 3.56. The van der Waals surface area contributed by atoms with Crippen molar-refractivity contribution in [1.82, 2.24) is 0 Å². The van der Waals surface area contributed by atoms with Gasteiger partial charge in [-0.15, -0.1) is 0 Å². The SMILES string of the molecule is CCCCOC(=O)C(C(CC)c1ccccc1)C(C(=O)O)C(C(=O)O)C(C)C(=O)O.